The molecule has 1 atom stereocenters. The Balaban J connectivity index is 2.08. The van der Waals surface area contributed by atoms with Crippen molar-refractivity contribution in [1.82, 2.24) is 5.32 Å². The van der Waals surface area contributed by atoms with Crippen LogP contribution in [0.4, 0.5) is 13.2 Å². The summed E-state index contributed by atoms with van der Waals surface area (Å²) in [6, 6.07) is 9.33. The van der Waals surface area contributed by atoms with Crippen LogP contribution < -0.4 is 5.32 Å². The van der Waals surface area contributed by atoms with E-state index in [0.717, 1.165) is 31.2 Å². The zero-order chi connectivity index (χ0) is 13.7. The second-order valence-corrected chi connectivity index (χ2v) is 5.28. The van der Waals surface area contributed by atoms with E-state index in [4.69, 9.17) is 0 Å². The van der Waals surface area contributed by atoms with Crippen LogP contribution in [0.25, 0.3) is 0 Å². The molecule has 1 unspecified atom stereocenters. The van der Waals surface area contributed by atoms with Gasteiger partial charge in [0.2, 0.25) is 0 Å². The fourth-order valence-electron chi connectivity index (χ4n) is 2.91. The van der Waals surface area contributed by atoms with E-state index in [1.165, 1.54) is 6.42 Å². The van der Waals surface area contributed by atoms with Crippen LogP contribution in [-0.4, -0.2) is 12.7 Å². The van der Waals surface area contributed by atoms with Crippen LogP contribution in [0.5, 0.6) is 0 Å². The van der Waals surface area contributed by atoms with Crippen molar-refractivity contribution in [3.05, 3.63) is 35.9 Å². The third-order valence-corrected chi connectivity index (χ3v) is 3.80. The molecule has 0 heterocycles. The average molecular weight is 271 g/mol. The van der Waals surface area contributed by atoms with Crippen molar-refractivity contribution in [2.24, 2.45) is 5.92 Å². The summed E-state index contributed by atoms with van der Waals surface area (Å²) >= 11 is 0. The Bertz CT molecular complexity index is 369. The van der Waals surface area contributed by atoms with E-state index < -0.39 is 12.7 Å². The fraction of sp³-hybridized carbons (Fsp3) is 0.600. The molecule has 1 N–H and O–H groups in total. The molecule has 106 valence electrons. The molecular weight excluding hydrogens is 251 g/mol. The molecule has 1 fully saturated rings. The highest BCUT2D eigenvalue weighted by Gasteiger charge is 2.31. The van der Waals surface area contributed by atoms with E-state index >= 15 is 0 Å². The number of hydrogen-bond acceptors (Lipinski definition) is 1. The zero-order valence-corrected chi connectivity index (χ0v) is 10.9. The molecule has 4 heteroatoms. The first-order valence-electron chi connectivity index (χ1n) is 6.91. The molecule has 1 aromatic rings. The predicted molar refractivity (Wildman–Crippen MR) is 69.8 cm³/mol. The van der Waals surface area contributed by atoms with Crippen LogP contribution in [0.15, 0.2) is 30.3 Å². The molecule has 0 saturated heterocycles. The number of hydrogen-bond donors (Lipinski definition) is 1. The molecule has 0 spiro atoms. The Kier molecular flexibility index (Phi) is 4.86. The van der Waals surface area contributed by atoms with Crippen molar-refractivity contribution in [2.75, 3.05) is 6.54 Å². The van der Waals surface area contributed by atoms with Gasteiger partial charge in [-0.3, -0.25) is 0 Å². The van der Waals surface area contributed by atoms with Gasteiger partial charge in [-0.15, -0.1) is 0 Å². The van der Waals surface area contributed by atoms with Crippen LogP contribution in [0.1, 0.15) is 43.7 Å². The first kappa shape index (κ1) is 14.4. The molecular formula is C15H20F3N. The van der Waals surface area contributed by atoms with Crippen molar-refractivity contribution in [3.63, 3.8) is 0 Å². The molecule has 0 aliphatic heterocycles. The summed E-state index contributed by atoms with van der Waals surface area (Å²) in [5.74, 6) is 0.318. The molecule has 0 radical (unpaired) electrons. The zero-order valence-electron chi connectivity index (χ0n) is 10.9. The lowest BCUT2D eigenvalue weighted by atomic mass is 9.81. The average Bonchev–Trinajstić information content (AvgIpc) is 2.40. The van der Waals surface area contributed by atoms with Crippen molar-refractivity contribution in [1.29, 1.82) is 0 Å². The topological polar surface area (TPSA) is 12.0 Å². The van der Waals surface area contributed by atoms with Crippen LogP contribution in [0, 0.1) is 5.92 Å². The normalized spacial score (nSPS) is 19.3. The van der Waals surface area contributed by atoms with Crippen molar-refractivity contribution in [3.8, 4) is 0 Å². The standard InChI is InChI=1S/C15H20F3N/c16-15(17,18)11-19-14(12-7-3-1-4-8-12)13-9-5-2-6-10-13/h1,3-4,7-8,13-14,19H,2,5-6,9-11H2. The quantitative estimate of drug-likeness (QED) is 0.852. The van der Waals surface area contributed by atoms with Crippen molar-refractivity contribution in [2.45, 2.75) is 44.3 Å². The summed E-state index contributed by atoms with van der Waals surface area (Å²) in [6.07, 6.45) is 1.34. The highest BCUT2D eigenvalue weighted by atomic mass is 19.4. The SMILES string of the molecule is FC(F)(F)CNC(c1ccccc1)C1CCCCC1. The molecule has 0 amide bonds. The van der Waals surface area contributed by atoms with Crippen LogP contribution in [0.2, 0.25) is 0 Å². The van der Waals surface area contributed by atoms with Crippen molar-refractivity contribution >= 4 is 0 Å². The summed E-state index contributed by atoms with van der Waals surface area (Å²) in [6.45, 7) is -0.914. The van der Waals surface area contributed by atoms with Crippen LogP contribution in [-0.2, 0) is 0 Å². The number of benzene rings is 1. The van der Waals surface area contributed by atoms with Gasteiger partial charge in [0.1, 0.15) is 0 Å². The van der Waals surface area contributed by atoms with Crippen LogP contribution >= 0.6 is 0 Å². The third kappa shape index (κ3) is 4.53. The van der Waals surface area contributed by atoms with Gasteiger partial charge in [-0.05, 0) is 24.3 Å². The van der Waals surface area contributed by atoms with E-state index in [9.17, 15) is 13.2 Å². The smallest absolute Gasteiger partial charge is 0.302 e. The van der Waals surface area contributed by atoms with Gasteiger partial charge in [-0.2, -0.15) is 13.2 Å². The van der Waals surface area contributed by atoms with Gasteiger partial charge in [-0.25, -0.2) is 0 Å². The summed E-state index contributed by atoms with van der Waals surface area (Å²) in [4.78, 5) is 0. The van der Waals surface area contributed by atoms with E-state index in [0.29, 0.717) is 5.92 Å². The first-order chi connectivity index (χ1) is 9.06. The molecule has 1 nitrogen and oxygen atoms in total. The second kappa shape index (κ2) is 6.42. The Labute approximate surface area is 112 Å². The first-order valence-corrected chi connectivity index (χ1v) is 6.91. The van der Waals surface area contributed by atoms with E-state index in [1.807, 2.05) is 30.3 Å². The highest BCUT2D eigenvalue weighted by Crippen LogP contribution is 2.34. The largest absolute Gasteiger partial charge is 0.401 e. The van der Waals surface area contributed by atoms with Gasteiger partial charge in [0.05, 0.1) is 6.54 Å². The van der Waals surface area contributed by atoms with E-state index in [2.05, 4.69) is 5.32 Å². The number of halogens is 3. The third-order valence-electron chi connectivity index (χ3n) is 3.80. The molecule has 1 aliphatic carbocycles. The second-order valence-electron chi connectivity index (χ2n) is 5.28. The maximum absolute atomic E-state index is 12.4. The fourth-order valence-corrected chi connectivity index (χ4v) is 2.91. The number of nitrogens with one attached hydrogen (secondary N) is 1. The van der Waals surface area contributed by atoms with Gasteiger partial charge in [0.25, 0.3) is 0 Å². The molecule has 19 heavy (non-hydrogen) atoms. The van der Waals surface area contributed by atoms with Gasteiger partial charge in [-0.1, -0.05) is 49.6 Å². The predicted octanol–water partition coefficient (Wildman–Crippen LogP) is 4.46. The molecule has 2 rings (SSSR count). The van der Waals surface area contributed by atoms with Crippen LogP contribution in [0.3, 0.4) is 0 Å². The van der Waals surface area contributed by atoms with Gasteiger partial charge in [0.15, 0.2) is 0 Å². The minimum atomic E-state index is -4.15. The minimum Gasteiger partial charge on any atom is -0.302 e. The Hall–Kier alpha value is -1.03. The summed E-state index contributed by atoms with van der Waals surface area (Å²) in [7, 11) is 0. The lowest BCUT2D eigenvalue weighted by molar-refractivity contribution is -0.127. The Morgan fingerprint density at radius 3 is 2.26 bits per heavy atom. The van der Waals surface area contributed by atoms with Gasteiger partial charge < -0.3 is 5.32 Å². The lowest BCUT2D eigenvalue weighted by Gasteiger charge is -2.31. The summed E-state index contributed by atoms with van der Waals surface area (Å²) < 4.78 is 37.3. The van der Waals surface area contributed by atoms with Crippen molar-refractivity contribution < 1.29 is 13.2 Å². The number of rotatable bonds is 4. The monoisotopic (exact) mass is 271 g/mol. The lowest BCUT2D eigenvalue weighted by Crippen LogP contribution is -2.36. The Morgan fingerprint density at radius 1 is 1.05 bits per heavy atom. The maximum atomic E-state index is 12.4. The van der Waals surface area contributed by atoms with E-state index in [1.54, 1.807) is 0 Å². The number of alkyl halides is 3. The maximum Gasteiger partial charge on any atom is 0.401 e. The van der Waals surface area contributed by atoms with Gasteiger partial charge in [0, 0.05) is 6.04 Å². The highest BCUT2D eigenvalue weighted by molar-refractivity contribution is 5.20. The van der Waals surface area contributed by atoms with Gasteiger partial charge >= 0.3 is 6.18 Å². The molecule has 1 aromatic carbocycles. The van der Waals surface area contributed by atoms with E-state index in [-0.39, 0.29) is 6.04 Å². The molecule has 0 aromatic heterocycles. The molecule has 0 bridgehead atoms. The minimum absolute atomic E-state index is 0.178. The summed E-state index contributed by atoms with van der Waals surface area (Å²) in [5, 5.41) is 2.72. The summed E-state index contributed by atoms with van der Waals surface area (Å²) in [5.41, 5.74) is 0.971. The molecule has 1 saturated carbocycles. The Morgan fingerprint density at radius 2 is 1.68 bits per heavy atom. The molecule has 1 aliphatic rings.